The van der Waals surface area contributed by atoms with Gasteiger partial charge in [-0.2, -0.15) is 0 Å². The zero-order valence-corrected chi connectivity index (χ0v) is 17.1. The van der Waals surface area contributed by atoms with E-state index in [9.17, 15) is 8.78 Å². The molecule has 8 heteroatoms. The first-order valence-electron chi connectivity index (χ1n) is 10.2. The van der Waals surface area contributed by atoms with Gasteiger partial charge in [-0.05, 0) is 36.8 Å². The lowest BCUT2D eigenvalue weighted by atomic mass is 10.1. The van der Waals surface area contributed by atoms with Crippen LogP contribution in [0.2, 0.25) is 0 Å². The number of hydrogen-bond acceptors (Lipinski definition) is 6. The van der Waals surface area contributed by atoms with E-state index < -0.39 is 6.29 Å². The third-order valence-corrected chi connectivity index (χ3v) is 4.84. The lowest BCUT2D eigenvalue weighted by molar-refractivity contribution is -0.286. The van der Waals surface area contributed by atoms with Crippen LogP contribution in [-0.2, 0) is 0 Å². The number of aromatic nitrogens is 2. The van der Waals surface area contributed by atoms with Gasteiger partial charge in [0.1, 0.15) is 11.6 Å². The summed E-state index contributed by atoms with van der Waals surface area (Å²) in [6.07, 6.45) is -2.79. The highest BCUT2D eigenvalue weighted by atomic mass is 19.3. The number of fused-ring (bicyclic) bond motifs is 2. The molecule has 162 valence electrons. The van der Waals surface area contributed by atoms with Gasteiger partial charge in [0.15, 0.2) is 17.3 Å². The number of halogens is 2. The first-order valence-corrected chi connectivity index (χ1v) is 10.2. The van der Waals surface area contributed by atoms with Gasteiger partial charge in [-0.15, -0.1) is 8.78 Å². The largest absolute Gasteiger partial charge is 0.586 e. The molecule has 32 heavy (non-hydrogen) atoms. The summed E-state index contributed by atoms with van der Waals surface area (Å²) in [4.78, 5) is 9.41. The highest BCUT2D eigenvalue weighted by Gasteiger charge is 2.43. The van der Waals surface area contributed by atoms with Gasteiger partial charge in [0.2, 0.25) is 0 Å². The minimum Gasteiger partial charge on any atom is -0.494 e. The zero-order chi connectivity index (χ0) is 22.1. The van der Waals surface area contributed by atoms with Crippen molar-refractivity contribution in [2.45, 2.75) is 19.6 Å². The predicted octanol–water partition coefficient (Wildman–Crippen LogP) is 6.15. The molecule has 0 amide bonds. The van der Waals surface area contributed by atoms with E-state index in [0.717, 1.165) is 22.9 Å². The smallest absolute Gasteiger partial charge is 0.494 e. The summed E-state index contributed by atoms with van der Waals surface area (Å²) in [5.74, 6) is 1.68. The van der Waals surface area contributed by atoms with Crippen molar-refractivity contribution < 1.29 is 23.0 Å². The SMILES string of the molecule is CCCOc1ccc2nc(-c3ccccc3)nc(Nc3ccc4c(c3)OC(F)(F)O4)c2c1. The number of nitrogens with zero attached hydrogens (tertiary/aromatic N) is 2. The second kappa shape index (κ2) is 7.96. The van der Waals surface area contributed by atoms with Crippen molar-refractivity contribution in [1.29, 1.82) is 0 Å². The van der Waals surface area contributed by atoms with Crippen LogP contribution in [0.15, 0.2) is 66.7 Å². The third-order valence-electron chi connectivity index (χ3n) is 4.84. The van der Waals surface area contributed by atoms with Crippen LogP contribution in [0.25, 0.3) is 22.3 Å². The molecule has 0 atom stereocenters. The fourth-order valence-electron chi connectivity index (χ4n) is 3.39. The molecule has 4 aromatic rings. The van der Waals surface area contributed by atoms with E-state index >= 15 is 0 Å². The maximum Gasteiger partial charge on any atom is 0.586 e. The molecule has 0 spiro atoms. The number of hydrogen-bond donors (Lipinski definition) is 1. The molecule has 1 aliphatic rings. The Balaban J connectivity index is 1.58. The fourth-order valence-corrected chi connectivity index (χ4v) is 3.39. The van der Waals surface area contributed by atoms with Gasteiger partial charge in [0, 0.05) is 22.7 Å². The number of nitrogens with one attached hydrogen (secondary N) is 1. The predicted molar refractivity (Wildman–Crippen MR) is 117 cm³/mol. The summed E-state index contributed by atoms with van der Waals surface area (Å²) in [6, 6.07) is 19.7. The second-order valence-electron chi connectivity index (χ2n) is 7.24. The summed E-state index contributed by atoms with van der Waals surface area (Å²) in [6.45, 7) is 2.63. The molecule has 5 rings (SSSR count). The van der Waals surface area contributed by atoms with Crippen molar-refractivity contribution in [3.05, 3.63) is 66.7 Å². The maximum absolute atomic E-state index is 13.4. The number of rotatable bonds is 6. The minimum atomic E-state index is -3.67. The van der Waals surface area contributed by atoms with Crippen molar-refractivity contribution >= 4 is 22.4 Å². The monoisotopic (exact) mass is 435 g/mol. The van der Waals surface area contributed by atoms with Gasteiger partial charge in [0.25, 0.3) is 0 Å². The first kappa shape index (κ1) is 20.0. The van der Waals surface area contributed by atoms with Crippen LogP contribution in [0.1, 0.15) is 13.3 Å². The van der Waals surface area contributed by atoms with Crippen LogP contribution in [0.4, 0.5) is 20.3 Å². The van der Waals surface area contributed by atoms with Gasteiger partial charge in [0.05, 0.1) is 12.1 Å². The Morgan fingerprint density at radius 1 is 0.938 bits per heavy atom. The van der Waals surface area contributed by atoms with Gasteiger partial charge >= 0.3 is 6.29 Å². The van der Waals surface area contributed by atoms with Gasteiger partial charge < -0.3 is 19.5 Å². The van der Waals surface area contributed by atoms with E-state index in [1.807, 2.05) is 55.5 Å². The highest BCUT2D eigenvalue weighted by molar-refractivity contribution is 5.93. The van der Waals surface area contributed by atoms with Crippen LogP contribution >= 0.6 is 0 Å². The normalized spacial score (nSPS) is 13.8. The lowest BCUT2D eigenvalue weighted by Gasteiger charge is -2.13. The standard InChI is InChI=1S/C24H19F2N3O3/c1-2-12-30-17-9-10-19-18(14-17)23(29-22(28-19)15-6-4-3-5-7-15)27-16-8-11-20-21(13-16)32-24(25,26)31-20/h3-11,13-14H,2,12H2,1H3,(H,27,28,29). The van der Waals surface area contributed by atoms with E-state index in [4.69, 9.17) is 14.7 Å². The molecular weight excluding hydrogens is 416 g/mol. The summed E-state index contributed by atoms with van der Waals surface area (Å²) in [5.41, 5.74) is 2.09. The molecule has 0 radical (unpaired) electrons. The lowest BCUT2D eigenvalue weighted by Crippen LogP contribution is -2.25. The van der Waals surface area contributed by atoms with Crippen LogP contribution in [0.3, 0.4) is 0 Å². The average Bonchev–Trinajstić information content (AvgIpc) is 3.11. The van der Waals surface area contributed by atoms with Crippen LogP contribution < -0.4 is 19.5 Å². The Bertz CT molecular complexity index is 1280. The van der Waals surface area contributed by atoms with E-state index in [-0.39, 0.29) is 11.5 Å². The molecule has 0 unspecified atom stereocenters. The fraction of sp³-hybridized carbons (Fsp3) is 0.167. The quantitative estimate of drug-likeness (QED) is 0.392. The molecular formula is C24H19F2N3O3. The maximum atomic E-state index is 13.4. The average molecular weight is 435 g/mol. The highest BCUT2D eigenvalue weighted by Crippen LogP contribution is 2.43. The number of alkyl halides is 2. The third kappa shape index (κ3) is 3.99. The Morgan fingerprint density at radius 2 is 1.75 bits per heavy atom. The van der Waals surface area contributed by atoms with Gasteiger partial charge in [-0.25, -0.2) is 9.97 Å². The summed E-state index contributed by atoms with van der Waals surface area (Å²) < 4.78 is 41.6. The minimum absolute atomic E-state index is 0.0201. The molecule has 3 aromatic carbocycles. The molecule has 0 bridgehead atoms. The van der Waals surface area contributed by atoms with E-state index in [1.54, 1.807) is 6.07 Å². The summed E-state index contributed by atoms with van der Waals surface area (Å²) in [5, 5.41) is 3.95. The van der Waals surface area contributed by atoms with E-state index in [2.05, 4.69) is 14.8 Å². The number of ether oxygens (including phenoxy) is 3. The number of anilines is 2. The van der Waals surface area contributed by atoms with Crippen LogP contribution in [-0.4, -0.2) is 22.9 Å². The molecule has 0 aliphatic carbocycles. The molecule has 1 N–H and O–H groups in total. The Morgan fingerprint density at radius 3 is 2.56 bits per heavy atom. The molecule has 0 fully saturated rings. The molecule has 0 saturated heterocycles. The van der Waals surface area contributed by atoms with E-state index in [1.165, 1.54) is 12.1 Å². The number of benzene rings is 3. The molecule has 2 heterocycles. The molecule has 0 saturated carbocycles. The van der Waals surface area contributed by atoms with Crippen molar-refractivity contribution in [2.24, 2.45) is 0 Å². The Labute approximate surface area is 182 Å². The summed E-state index contributed by atoms with van der Waals surface area (Å²) in [7, 11) is 0. The van der Waals surface area contributed by atoms with Gasteiger partial charge in [-0.1, -0.05) is 37.3 Å². The molecule has 1 aromatic heterocycles. The van der Waals surface area contributed by atoms with Crippen LogP contribution in [0.5, 0.6) is 17.2 Å². The Kier molecular flexibility index (Phi) is 4.97. The molecule has 1 aliphatic heterocycles. The zero-order valence-electron chi connectivity index (χ0n) is 17.1. The first-order chi connectivity index (χ1) is 15.5. The molecule has 6 nitrogen and oxygen atoms in total. The van der Waals surface area contributed by atoms with Crippen molar-refractivity contribution in [2.75, 3.05) is 11.9 Å². The van der Waals surface area contributed by atoms with Crippen molar-refractivity contribution in [3.8, 4) is 28.6 Å². The van der Waals surface area contributed by atoms with Gasteiger partial charge in [-0.3, -0.25) is 0 Å². The van der Waals surface area contributed by atoms with Crippen molar-refractivity contribution in [3.63, 3.8) is 0 Å². The topological polar surface area (TPSA) is 65.5 Å². The Hall–Kier alpha value is -3.94. The van der Waals surface area contributed by atoms with Crippen molar-refractivity contribution in [1.82, 2.24) is 9.97 Å². The van der Waals surface area contributed by atoms with Crippen LogP contribution in [0, 0.1) is 0 Å². The van der Waals surface area contributed by atoms with E-state index in [0.29, 0.717) is 29.7 Å². The summed E-state index contributed by atoms with van der Waals surface area (Å²) >= 11 is 0. The second-order valence-corrected chi connectivity index (χ2v) is 7.24.